The number of nitrogens with one attached hydrogen (secondary N) is 2. The maximum atomic E-state index is 13.0. The Balaban J connectivity index is 2.15. The quantitative estimate of drug-likeness (QED) is 0.795. The molecule has 0 aromatic heterocycles. The first-order chi connectivity index (χ1) is 11.7. The standard InChI is InChI=1S/C17H18ClFN2O3S/c1-3-11(2)21-25(23,24)14-7-4-12(5-8-14)17(22)20-16-9-6-13(19)10-15(16)18/h4-11,21H,3H2,1-2H3,(H,20,22). The highest BCUT2D eigenvalue weighted by Crippen LogP contribution is 2.23. The number of anilines is 1. The summed E-state index contributed by atoms with van der Waals surface area (Å²) >= 11 is 5.87. The fourth-order valence-corrected chi connectivity index (χ4v) is 3.53. The molecule has 2 rings (SSSR count). The molecule has 5 nitrogen and oxygen atoms in total. The van der Waals surface area contributed by atoms with E-state index in [-0.39, 0.29) is 27.2 Å². The summed E-state index contributed by atoms with van der Waals surface area (Å²) in [5.41, 5.74) is 0.520. The highest BCUT2D eigenvalue weighted by molar-refractivity contribution is 7.89. The largest absolute Gasteiger partial charge is 0.321 e. The molecule has 0 bridgehead atoms. The molecular formula is C17H18ClFN2O3S. The molecule has 134 valence electrons. The molecule has 1 amide bonds. The van der Waals surface area contributed by atoms with Crippen LogP contribution < -0.4 is 10.0 Å². The highest BCUT2D eigenvalue weighted by atomic mass is 35.5. The van der Waals surface area contributed by atoms with Crippen LogP contribution in [0.3, 0.4) is 0 Å². The molecule has 1 atom stereocenters. The molecule has 0 saturated carbocycles. The van der Waals surface area contributed by atoms with Gasteiger partial charge in [0.05, 0.1) is 15.6 Å². The molecule has 2 aromatic carbocycles. The Kier molecular flexibility index (Phi) is 6.16. The lowest BCUT2D eigenvalue weighted by molar-refractivity contribution is 0.102. The number of rotatable bonds is 6. The Hall–Kier alpha value is -1.96. The van der Waals surface area contributed by atoms with E-state index in [1.165, 1.54) is 36.4 Å². The number of halogens is 2. The smallest absolute Gasteiger partial charge is 0.255 e. The van der Waals surface area contributed by atoms with E-state index in [4.69, 9.17) is 11.6 Å². The average molecular weight is 385 g/mol. The first kappa shape index (κ1) is 19.4. The minimum Gasteiger partial charge on any atom is -0.321 e. The van der Waals surface area contributed by atoms with Gasteiger partial charge in [-0.25, -0.2) is 17.5 Å². The SMILES string of the molecule is CCC(C)NS(=O)(=O)c1ccc(C(=O)Nc2ccc(F)cc2Cl)cc1. The lowest BCUT2D eigenvalue weighted by Crippen LogP contribution is -2.32. The number of benzene rings is 2. The highest BCUT2D eigenvalue weighted by Gasteiger charge is 2.17. The monoisotopic (exact) mass is 384 g/mol. The third-order valence-electron chi connectivity index (χ3n) is 3.57. The zero-order valence-electron chi connectivity index (χ0n) is 13.7. The van der Waals surface area contributed by atoms with Gasteiger partial charge >= 0.3 is 0 Å². The number of amides is 1. The topological polar surface area (TPSA) is 75.3 Å². The van der Waals surface area contributed by atoms with Gasteiger partial charge in [0, 0.05) is 11.6 Å². The third kappa shape index (κ3) is 5.01. The Labute approximate surface area is 151 Å². The molecule has 0 fully saturated rings. The summed E-state index contributed by atoms with van der Waals surface area (Å²) in [5.74, 6) is -0.987. The summed E-state index contributed by atoms with van der Waals surface area (Å²) in [6.45, 7) is 3.65. The maximum absolute atomic E-state index is 13.0. The molecule has 8 heteroatoms. The first-order valence-corrected chi connectivity index (χ1v) is 9.48. The molecule has 0 aliphatic carbocycles. The van der Waals surface area contributed by atoms with Crippen molar-refractivity contribution in [3.05, 3.63) is 58.9 Å². The van der Waals surface area contributed by atoms with Crippen molar-refractivity contribution in [2.75, 3.05) is 5.32 Å². The molecule has 0 radical (unpaired) electrons. The average Bonchev–Trinajstić information content (AvgIpc) is 2.57. The van der Waals surface area contributed by atoms with Gasteiger partial charge in [0.25, 0.3) is 5.91 Å². The van der Waals surface area contributed by atoms with Crippen LogP contribution in [-0.4, -0.2) is 20.4 Å². The van der Waals surface area contributed by atoms with Gasteiger partial charge in [-0.15, -0.1) is 0 Å². The van der Waals surface area contributed by atoms with E-state index in [1.54, 1.807) is 6.92 Å². The summed E-state index contributed by atoms with van der Waals surface area (Å²) in [6.07, 6.45) is 0.665. The molecular weight excluding hydrogens is 367 g/mol. The van der Waals surface area contributed by atoms with Crippen LogP contribution in [0, 0.1) is 5.82 Å². The van der Waals surface area contributed by atoms with Crippen LogP contribution in [0.5, 0.6) is 0 Å². The molecule has 0 saturated heterocycles. The van der Waals surface area contributed by atoms with Crippen molar-refractivity contribution < 1.29 is 17.6 Å². The molecule has 1 unspecified atom stereocenters. The fraction of sp³-hybridized carbons (Fsp3) is 0.235. The summed E-state index contributed by atoms with van der Waals surface area (Å²) in [4.78, 5) is 12.3. The minimum atomic E-state index is -3.63. The number of sulfonamides is 1. The van der Waals surface area contributed by atoms with Crippen molar-refractivity contribution in [3.8, 4) is 0 Å². The summed E-state index contributed by atoms with van der Waals surface area (Å²) in [6, 6.07) is 8.94. The van der Waals surface area contributed by atoms with E-state index in [0.717, 1.165) is 6.07 Å². The summed E-state index contributed by atoms with van der Waals surface area (Å²) in [7, 11) is -3.63. The van der Waals surface area contributed by atoms with Crippen LogP contribution in [-0.2, 0) is 10.0 Å². The van der Waals surface area contributed by atoms with Crippen LogP contribution in [0.1, 0.15) is 30.6 Å². The summed E-state index contributed by atoms with van der Waals surface area (Å²) < 4.78 is 39.9. The van der Waals surface area contributed by atoms with Gasteiger partial charge in [0.1, 0.15) is 5.82 Å². The zero-order chi connectivity index (χ0) is 18.6. The Bertz CT molecular complexity index is 870. The Morgan fingerprint density at radius 2 is 1.84 bits per heavy atom. The predicted octanol–water partition coefficient (Wildman–Crippen LogP) is 3.81. The van der Waals surface area contributed by atoms with Crippen molar-refractivity contribution in [1.82, 2.24) is 4.72 Å². The second-order valence-corrected chi connectivity index (χ2v) is 7.65. The third-order valence-corrected chi connectivity index (χ3v) is 5.49. The van der Waals surface area contributed by atoms with Gasteiger partial charge in [0.15, 0.2) is 0 Å². The lowest BCUT2D eigenvalue weighted by atomic mass is 10.2. The number of hydrogen-bond donors (Lipinski definition) is 2. The molecule has 25 heavy (non-hydrogen) atoms. The minimum absolute atomic E-state index is 0.0733. The van der Waals surface area contributed by atoms with Crippen molar-refractivity contribution in [3.63, 3.8) is 0 Å². The van der Waals surface area contributed by atoms with Crippen molar-refractivity contribution >= 4 is 33.2 Å². The molecule has 0 aliphatic heterocycles. The Morgan fingerprint density at radius 3 is 2.40 bits per heavy atom. The van der Waals surface area contributed by atoms with E-state index >= 15 is 0 Å². The van der Waals surface area contributed by atoms with E-state index in [1.807, 2.05) is 6.92 Å². The number of carbonyl (C=O) groups is 1. The Morgan fingerprint density at radius 1 is 1.20 bits per heavy atom. The molecule has 0 aliphatic rings. The van der Waals surface area contributed by atoms with Crippen molar-refractivity contribution in [2.24, 2.45) is 0 Å². The van der Waals surface area contributed by atoms with Crippen LogP contribution in [0.25, 0.3) is 0 Å². The van der Waals surface area contributed by atoms with Gasteiger partial charge < -0.3 is 5.32 Å². The molecule has 2 aromatic rings. The van der Waals surface area contributed by atoms with Gasteiger partial charge in [0.2, 0.25) is 10.0 Å². The van der Waals surface area contributed by atoms with Crippen LogP contribution in [0.2, 0.25) is 5.02 Å². The zero-order valence-corrected chi connectivity index (χ0v) is 15.3. The number of carbonyl (C=O) groups excluding carboxylic acids is 1. The van der Waals surface area contributed by atoms with Crippen LogP contribution in [0.15, 0.2) is 47.4 Å². The van der Waals surface area contributed by atoms with Gasteiger partial charge in [-0.2, -0.15) is 0 Å². The maximum Gasteiger partial charge on any atom is 0.255 e. The van der Waals surface area contributed by atoms with E-state index < -0.39 is 21.7 Å². The molecule has 0 spiro atoms. The van der Waals surface area contributed by atoms with E-state index in [9.17, 15) is 17.6 Å². The van der Waals surface area contributed by atoms with Crippen molar-refractivity contribution in [2.45, 2.75) is 31.2 Å². The predicted molar refractivity (Wildman–Crippen MR) is 95.9 cm³/mol. The normalized spacial score (nSPS) is 12.6. The van der Waals surface area contributed by atoms with Gasteiger partial charge in [-0.05, 0) is 55.8 Å². The molecule has 2 N–H and O–H groups in total. The van der Waals surface area contributed by atoms with Crippen LogP contribution >= 0.6 is 11.6 Å². The van der Waals surface area contributed by atoms with Crippen molar-refractivity contribution in [1.29, 1.82) is 0 Å². The first-order valence-electron chi connectivity index (χ1n) is 7.61. The van der Waals surface area contributed by atoms with Gasteiger partial charge in [-0.3, -0.25) is 4.79 Å². The van der Waals surface area contributed by atoms with E-state index in [0.29, 0.717) is 6.42 Å². The second kappa shape index (κ2) is 7.95. The lowest BCUT2D eigenvalue weighted by Gasteiger charge is -2.12. The fourth-order valence-electron chi connectivity index (χ4n) is 1.99. The van der Waals surface area contributed by atoms with Crippen LogP contribution in [0.4, 0.5) is 10.1 Å². The summed E-state index contributed by atoms with van der Waals surface area (Å²) in [5, 5.41) is 2.62. The molecule has 0 heterocycles. The second-order valence-electron chi connectivity index (χ2n) is 5.53. The van der Waals surface area contributed by atoms with E-state index in [2.05, 4.69) is 10.0 Å². The number of hydrogen-bond acceptors (Lipinski definition) is 3. The van der Waals surface area contributed by atoms with Gasteiger partial charge in [-0.1, -0.05) is 18.5 Å².